The number of nitrogens with zero attached hydrogens (tertiary/aromatic N) is 3. The molecule has 0 bridgehead atoms. The highest BCUT2D eigenvalue weighted by Gasteiger charge is 2.35. The number of piperidine rings is 1. The van der Waals surface area contributed by atoms with Crippen LogP contribution in [-0.2, 0) is 21.4 Å². The maximum Gasteiger partial charge on any atom is 0.252 e. The number of hydrogen-bond donors (Lipinski definition) is 0. The first-order chi connectivity index (χ1) is 12.3. The first kappa shape index (κ1) is 19.5. The molecular weight excluding hydrogens is 442 g/mol. The van der Waals surface area contributed by atoms with Crippen LogP contribution in [0.1, 0.15) is 24.3 Å². The Morgan fingerprint density at radius 3 is 2.88 bits per heavy atom. The second-order valence-electron chi connectivity index (χ2n) is 6.38. The van der Waals surface area contributed by atoms with E-state index in [0.717, 1.165) is 3.79 Å². The van der Waals surface area contributed by atoms with Gasteiger partial charge in [-0.2, -0.15) is 4.31 Å². The van der Waals surface area contributed by atoms with E-state index in [0.29, 0.717) is 41.6 Å². The van der Waals surface area contributed by atoms with E-state index in [9.17, 15) is 13.2 Å². The lowest BCUT2D eigenvalue weighted by molar-refractivity contribution is -0.135. The van der Waals surface area contributed by atoms with Crippen molar-refractivity contribution in [3.05, 3.63) is 33.4 Å². The summed E-state index contributed by atoms with van der Waals surface area (Å²) in [7, 11) is -1.86. The van der Waals surface area contributed by atoms with Crippen LogP contribution in [0.2, 0.25) is 0 Å². The van der Waals surface area contributed by atoms with Gasteiger partial charge in [0.05, 0.1) is 16.2 Å². The standard InChI is InChI=1S/C16H20BrN3O4S2/c1-11-8-13(18-24-11)10-19(2)16(21)12-4-3-7-20(9-12)26(22,23)15-6-5-14(17)25-15/h5-6,8,12H,3-4,7,9-10H2,1-2H3. The molecule has 26 heavy (non-hydrogen) atoms. The topological polar surface area (TPSA) is 83.7 Å². The zero-order chi connectivity index (χ0) is 18.9. The fourth-order valence-corrected chi connectivity index (χ4v) is 6.74. The molecule has 0 saturated carbocycles. The van der Waals surface area contributed by atoms with E-state index in [1.165, 1.54) is 15.6 Å². The van der Waals surface area contributed by atoms with Crippen molar-refractivity contribution >= 4 is 43.2 Å². The molecule has 142 valence electrons. The molecule has 1 amide bonds. The van der Waals surface area contributed by atoms with E-state index < -0.39 is 10.0 Å². The van der Waals surface area contributed by atoms with E-state index in [-0.39, 0.29) is 18.4 Å². The highest BCUT2D eigenvalue weighted by atomic mass is 79.9. The molecule has 0 spiro atoms. The molecule has 3 heterocycles. The molecule has 0 N–H and O–H groups in total. The van der Waals surface area contributed by atoms with Crippen LogP contribution in [0, 0.1) is 12.8 Å². The zero-order valence-electron chi connectivity index (χ0n) is 14.5. The van der Waals surface area contributed by atoms with Crippen LogP contribution < -0.4 is 0 Å². The second-order valence-corrected chi connectivity index (χ2v) is 11.0. The Kier molecular flexibility index (Phi) is 5.85. The number of rotatable bonds is 5. The molecule has 1 unspecified atom stereocenters. The quantitative estimate of drug-likeness (QED) is 0.683. The first-order valence-corrected chi connectivity index (χ1v) is 11.2. The Bertz CT molecular complexity index is 893. The summed E-state index contributed by atoms with van der Waals surface area (Å²) < 4.78 is 33.1. The van der Waals surface area contributed by atoms with Crippen LogP contribution >= 0.6 is 27.3 Å². The normalized spacial score (nSPS) is 18.8. The van der Waals surface area contributed by atoms with Crippen molar-refractivity contribution in [1.29, 1.82) is 0 Å². The van der Waals surface area contributed by atoms with Gasteiger partial charge in [-0.3, -0.25) is 4.79 Å². The van der Waals surface area contributed by atoms with Gasteiger partial charge < -0.3 is 9.42 Å². The summed E-state index contributed by atoms with van der Waals surface area (Å²) in [6.07, 6.45) is 1.35. The third-order valence-corrected chi connectivity index (χ3v) is 8.28. The minimum Gasteiger partial charge on any atom is -0.361 e. The maximum atomic E-state index is 12.8. The first-order valence-electron chi connectivity index (χ1n) is 8.20. The van der Waals surface area contributed by atoms with E-state index in [4.69, 9.17) is 4.52 Å². The number of halogens is 1. The van der Waals surface area contributed by atoms with Crippen LogP contribution in [0.25, 0.3) is 0 Å². The largest absolute Gasteiger partial charge is 0.361 e. The van der Waals surface area contributed by atoms with Gasteiger partial charge in [0, 0.05) is 26.2 Å². The molecule has 0 aromatic carbocycles. The van der Waals surface area contributed by atoms with Gasteiger partial charge in [0.15, 0.2) is 0 Å². The second kappa shape index (κ2) is 7.79. The SMILES string of the molecule is Cc1cc(CN(C)C(=O)C2CCCN(S(=O)(=O)c3ccc(Br)s3)C2)no1. The molecule has 1 aliphatic rings. The third kappa shape index (κ3) is 4.19. The van der Waals surface area contributed by atoms with Crippen molar-refractivity contribution in [2.45, 2.75) is 30.5 Å². The van der Waals surface area contributed by atoms with Crippen molar-refractivity contribution in [1.82, 2.24) is 14.4 Å². The van der Waals surface area contributed by atoms with Crippen LogP contribution in [-0.4, -0.2) is 48.8 Å². The molecule has 7 nitrogen and oxygen atoms in total. The molecule has 3 rings (SSSR count). The summed E-state index contributed by atoms with van der Waals surface area (Å²) in [6.45, 7) is 2.79. The van der Waals surface area contributed by atoms with Gasteiger partial charge in [-0.15, -0.1) is 11.3 Å². The van der Waals surface area contributed by atoms with Gasteiger partial charge in [0.25, 0.3) is 10.0 Å². The Morgan fingerprint density at radius 2 is 2.27 bits per heavy atom. The number of hydrogen-bond acceptors (Lipinski definition) is 6. The monoisotopic (exact) mass is 461 g/mol. The molecule has 1 saturated heterocycles. The lowest BCUT2D eigenvalue weighted by atomic mass is 9.98. The molecule has 10 heteroatoms. The molecule has 1 fully saturated rings. The predicted molar refractivity (Wildman–Crippen MR) is 101 cm³/mol. The molecule has 2 aromatic rings. The highest BCUT2D eigenvalue weighted by molar-refractivity contribution is 9.11. The van der Waals surface area contributed by atoms with Crippen LogP contribution in [0.4, 0.5) is 0 Å². The van der Waals surface area contributed by atoms with Gasteiger partial charge in [0.2, 0.25) is 5.91 Å². The fraction of sp³-hybridized carbons (Fsp3) is 0.500. The van der Waals surface area contributed by atoms with Gasteiger partial charge in [-0.1, -0.05) is 5.16 Å². The average molecular weight is 462 g/mol. The average Bonchev–Trinajstić information content (AvgIpc) is 3.23. The number of aryl methyl sites for hydroxylation is 1. The van der Waals surface area contributed by atoms with Crippen LogP contribution in [0.5, 0.6) is 0 Å². The van der Waals surface area contributed by atoms with Gasteiger partial charge in [-0.25, -0.2) is 8.42 Å². The number of thiophene rings is 1. The Hall–Kier alpha value is -1.23. The van der Waals surface area contributed by atoms with Gasteiger partial charge in [0.1, 0.15) is 15.7 Å². The van der Waals surface area contributed by atoms with Crippen molar-refractivity contribution in [2.24, 2.45) is 5.92 Å². The van der Waals surface area contributed by atoms with E-state index in [2.05, 4.69) is 21.1 Å². The highest BCUT2D eigenvalue weighted by Crippen LogP contribution is 2.31. The molecule has 1 aliphatic heterocycles. The lowest BCUT2D eigenvalue weighted by Gasteiger charge is -2.32. The summed E-state index contributed by atoms with van der Waals surface area (Å²) in [5, 5.41) is 3.90. The minimum atomic E-state index is -3.57. The third-order valence-electron chi connectivity index (χ3n) is 4.33. The summed E-state index contributed by atoms with van der Waals surface area (Å²) in [5.74, 6) is 0.274. The van der Waals surface area contributed by atoms with Crippen LogP contribution in [0.15, 0.2) is 30.7 Å². The van der Waals surface area contributed by atoms with Crippen molar-refractivity contribution in [3.63, 3.8) is 0 Å². The zero-order valence-corrected chi connectivity index (χ0v) is 17.7. The van der Waals surface area contributed by atoms with E-state index in [1.54, 1.807) is 37.1 Å². The Labute approximate surface area is 165 Å². The number of aromatic nitrogens is 1. The fourth-order valence-electron chi connectivity index (χ4n) is 3.05. The van der Waals surface area contributed by atoms with Crippen molar-refractivity contribution in [3.8, 4) is 0 Å². The molecule has 0 aliphatic carbocycles. The number of carbonyl (C=O) groups is 1. The predicted octanol–water partition coefficient (Wildman–Crippen LogP) is 2.87. The number of amides is 1. The lowest BCUT2D eigenvalue weighted by Crippen LogP contribution is -2.45. The Morgan fingerprint density at radius 1 is 1.50 bits per heavy atom. The minimum absolute atomic E-state index is 0.0714. The summed E-state index contributed by atoms with van der Waals surface area (Å²) in [6, 6.07) is 5.10. The van der Waals surface area contributed by atoms with Crippen molar-refractivity contribution in [2.75, 3.05) is 20.1 Å². The van der Waals surface area contributed by atoms with Crippen molar-refractivity contribution < 1.29 is 17.7 Å². The molecule has 1 atom stereocenters. The smallest absolute Gasteiger partial charge is 0.252 e. The summed E-state index contributed by atoms with van der Waals surface area (Å²) in [5.41, 5.74) is 0.682. The maximum absolute atomic E-state index is 12.8. The van der Waals surface area contributed by atoms with E-state index >= 15 is 0 Å². The Balaban J connectivity index is 1.68. The van der Waals surface area contributed by atoms with Crippen LogP contribution in [0.3, 0.4) is 0 Å². The van der Waals surface area contributed by atoms with Gasteiger partial charge >= 0.3 is 0 Å². The number of carbonyl (C=O) groups excluding carboxylic acids is 1. The van der Waals surface area contributed by atoms with E-state index in [1.807, 2.05) is 0 Å². The molecule has 2 aromatic heterocycles. The molecular formula is C16H20BrN3O4S2. The van der Waals surface area contributed by atoms with Gasteiger partial charge in [-0.05, 0) is 47.8 Å². The summed E-state index contributed by atoms with van der Waals surface area (Å²) in [4.78, 5) is 14.3. The number of sulfonamides is 1. The molecule has 0 radical (unpaired) electrons. The summed E-state index contributed by atoms with van der Waals surface area (Å²) >= 11 is 4.48.